The van der Waals surface area contributed by atoms with Crippen molar-refractivity contribution in [2.45, 2.75) is 45.1 Å². The van der Waals surface area contributed by atoms with Gasteiger partial charge in [-0.3, -0.25) is 4.79 Å². The Balaban J connectivity index is 2.27. The Hall–Kier alpha value is -1.01. The SMILES string of the molecule is C#CCN(CCC)C(=O)CNC1CCCC1. The largest absolute Gasteiger partial charge is 0.330 e. The van der Waals surface area contributed by atoms with Crippen LogP contribution in [-0.4, -0.2) is 36.5 Å². The van der Waals surface area contributed by atoms with Crippen molar-refractivity contribution < 1.29 is 4.79 Å². The Bertz CT molecular complexity index is 251. The molecule has 3 heteroatoms. The molecule has 0 aromatic carbocycles. The van der Waals surface area contributed by atoms with Crippen LogP contribution in [0.25, 0.3) is 0 Å². The Morgan fingerprint density at radius 3 is 2.75 bits per heavy atom. The third-order valence-electron chi connectivity index (χ3n) is 3.03. The summed E-state index contributed by atoms with van der Waals surface area (Å²) in [6.45, 7) is 3.68. The van der Waals surface area contributed by atoms with E-state index in [2.05, 4.69) is 18.2 Å². The van der Waals surface area contributed by atoms with Crippen molar-refractivity contribution in [2.24, 2.45) is 0 Å². The van der Waals surface area contributed by atoms with Crippen LogP contribution in [0.3, 0.4) is 0 Å². The molecule has 0 radical (unpaired) electrons. The monoisotopic (exact) mass is 222 g/mol. The second-order valence-corrected chi connectivity index (χ2v) is 4.38. The Morgan fingerprint density at radius 2 is 2.19 bits per heavy atom. The molecule has 0 heterocycles. The summed E-state index contributed by atoms with van der Waals surface area (Å²) in [5, 5.41) is 3.32. The highest BCUT2D eigenvalue weighted by atomic mass is 16.2. The molecule has 1 N–H and O–H groups in total. The van der Waals surface area contributed by atoms with E-state index in [9.17, 15) is 4.79 Å². The lowest BCUT2D eigenvalue weighted by atomic mass is 10.2. The highest BCUT2D eigenvalue weighted by molar-refractivity contribution is 5.78. The highest BCUT2D eigenvalue weighted by Crippen LogP contribution is 2.17. The van der Waals surface area contributed by atoms with Gasteiger partial charge in [-0.05, 0) is 19.3 Å². The molecule has 0 spiro atoms. The zero-order valence-corrected chi connectivity index (χ0v) is 10.2. The van der Waals surface area contributed by atoms with Crippen molar-refractivity contribution in [1.82, 2.24) is 10.2 Å². The fourth-order valence-corrected chi connectivity index (χ4v) is 2.15. The van der Waals surface area contributed by atoms with Crippen LogP contribution in [0.5, 0.6) is 0 Å². The van der Waals surface area contributed by atoms with Gasteiger partial charge in [-0.25, -0.2) is 0 Å². The lowest BCUT2D eigenvalue weighted by Crippen LogP contribution is -2.41. The maximum Gasteiger partial charge on any atom is 0.237 e. The van der Waals surface area contributed by atoms with Crippen molar-refractivity contribution in [3.05, 3.63) is 0 Å². The molecule has 1 fully saturated rings. The van der Waals surface area contributed by atoms with E-state index in [1.54, 1.807) is 4.90 Å². The summed E-state index contributed by atoms with van der Waals surface area (Å²) in [4.78, 5) is 13.6. The van der Waals surface area contributed by atoms with Gasteiger partial charge < -0.3 is 10.2 Å². The molecule has 1 aliphatic carbocycles. The average molecular weight is 222 g/mol. The molecule has 16 heavy (non-hydrogen) atoms. The minimum absolute atomic E-state index is 0.131. The van der Waals surface area contributed by atoms with Gasteiger partial charge in [0.2, 0.25) is 5.91 Å². The molecule has 1 saturated carbocycles. The summed E-state index contributed by atoms with van der Waals surface area (Å²) in [5.41, 5.74) is 0. The molecule has 1 rings (SSSR count). The van der Waals surface area contributed by atoms with Crippen LogP contribution in [0.15, 0.2) is 0 Å². The molecule has 0 aliphatic heterocycles. The zero-order chi connectivity index (χ0) is 11.8. The number of amides is 1. The number of carbonyl (C=O) groups excluding carboxylic acids is 1. The van der Waals surface area contributed by atoms with E-state index < -0.39 is 0 Å². The third-order valence-corrected chi connectivity index (χ3v) is 3.03. The fraction of sp³-hybridized carbons (Fsp3) is 0.769. The van der Waals surface area contributed by atoms with Gasteiger partial charge in [0.05, 0.1) is 13.1 Å². The van der Waals surface area contributed by atoms with Crippen LogP contribution < -0.4 is 5.32 Å². The number of nitrogens with zero attached hydrogens (tertiary/aromatic N) is 1. The Labute approximate surface area is 98.6 Å². The van der Waals surface area contributed by atoms with Gasteiger partial charge in [0, 0.05) is 12.6 Å². The molecular formula is C13H22N2O. The predicted octanol–water partition coefficient (Wildman–Crippen LogP) is 1.39. The maximum atomic E-state index is 11.8. The molecule has 1 aliphatic rings. The molecule has 1 amide bonds. The van der Waals surface area contributed by atoms with Crippen LogP contribution in [0.1, 0.15) is 39.0 Å². The molecule has 0 aromatic rings. The van der Waals surface area contributed by atoms with E-state index in [1.807, 2.05) is 0 Å². The molecule has 90 valence electrons. The second kappa shape index (κ2) is 7.29. The first-order valence-corrected chi connectivity index (χ1v) is 6.22. The number of rotatable bonds is 6. The van der Waals surface area contributed by atoms with Crippen molar-refractivity contribution in [1.29, 1.82) is 0 Å². The molecule has 0 bridgehead atoms. The molecule has 0 unspecified atom stereocenters. The minimum atomic E-state index is 0.131. The summed E-state index contributed by atoms with van der Waals surface area (Å²) in [6, 6.07) is 0.540. The molecule has 0 atom stereocenters. The molecular weight excluding hydrogens is 200 g/mol. The first-order chi connectivity index (χ1) is 7.77. The summed E-state index contributed by atoms with van der Waals surface area (Å²) in [6.07, 6.45) is 11.2. The van der Waals surface area contributed by atoms with Crippen molar-refractivity contribution >= 4 is 5.91 Å². The maximum absolute atomic E-state index is 11.8. The standard InChI is InChI=1S/C13H22N2O/c1-3-9-15(10-4-2)13(16)11-14-12-7-5-6-8-12/h1,12,14H,4-11H2,2H3. The van der Waals surface area contributed by atoms with Gasteiger partial charge in [0.15, 0.2) is 0 Å². The van der Waals surface area contributed by atoms with Gasteiger partial charge in [-0.2, -0.15) is 0 Å². The smallest absolute Gasteiger partial charge is 0.237 e. The van der Waals surface area contributed by atoms with Crippen molar-refractivity contribution in [3.8, 4) is 12.3 Å². The van der Waals surface area contributed by atoms with E-state index in [1.165, 1.54) is 25.7 Å². The van der Waals surface area contributed by atoms with Gasteiger partial charge >= 0.3 is 0 Å². The third kappa shape index (κ3) is 4.24. The van der Waals surface area contributed by atoms with E-state index in [4.69, 9.17) is 6.42 Å². The zero-order valence-electron chi connectivity index (χ0n) is 10.2. The van der Waals surface area contributed by atoms with Gasteiger partial charge in [-0.1, -0.05) is 25.7 Å². The number of carbonyl (C=O) groups is 1. The highest BCUT2D eigenvalue weighted by Gasteiger charge is 2.17. The Morgan fingerprint density at radius 1 is 1.50 bits per heavy atom. The minimum Gasteiger partial charge on any atom is -0.330 e. The second-order valence-electron chi connectivity index (χ2n) is 4.38. The first kappa shape index (κ1) is 13.1. The summed E-state index contributed by atoms with van der Waals surface area (Å²) in [5.74, 6) is 2.67. The summed E-state index contributed by atoms with van der Waals surface area (Å²) >= 11 is 0. The topological polar surface area (TPSA) is 32.3 Å². The molecule has 0 saturated heterocycles. The predicted molar refractivity (Wildman–Crippen MR) is 66.0 cm³/mol. The normalized spacial score (nSPS) is 16.0. The van der Waals surface area contributed by atoms with Crippen LogP contribution >= 0.6 is 0 Å². The van der Waals surface area contributed by atoms with E-state index in [-0.39, 0.29) is 5.91 Å². The molecule has 3 nitrogen and oxygen atoms in total. The van der Waals surface area contributed by atoms with Crippen LogP contribution in [-0.2, 0) is 4.79 Å². The fourth-order valence-electron chi connectivity index (χ4n) is 2.15. The number of terminal acetylenes is 1. The Kier molecular flexibility index (Phi) is 5.95. The first-order valence-electron chi connectivity index (χ1n) is 6.22. The van der Waals surface area contributed by atoms with Crippen LogP contribution in [0.2, 0.25) is 0 Å². The van der Waals surface area contributed by atoms with Crippen molar-refractivity contribution in [2.75, 3.05) is 19.6 Å². The van der Waals surface area contributed by atoms with Gasteiger partial charge in [0.25, 0.3) is 0 Å². The quantitative estimate of drug-likeness (QED) is 0.689. The number of hydrogen-bond acceptors (Lipinski definition) is 2. The van der Waals surface area contributed by atoms with E-state index >= 15 is 0 Å². The van der Waals surface area contributed by atoms with Crippen LogP contribution in [0, 0.1) is 12.3 Å². The van der Waals surface area contributed by atoms with E-state index in [0.717, 1.165) is 13.0 Å². The lowest BCUT2D eigenvalue weighted by Gasteiger charge is -2.21. The number of hydrogen-bond donors (Lipinski definition) is 1. The molecule has 0 aromatic heterocycles. The van der Waals surface area contributed by atoms with Crippen molar-refractivity contribution in [3.63, 3.8) is 0 Å². The van der Waals surface area contributed by atoms with Crippen LogP contribution in [0.4, 0.5) is 0 Å². The van der Waals surface area contributed by atoms with E-state index in [0.29, 0.717) is 19.1 Å². The van der Waals surface area contributed by atoms with Gasteiger partial charge in [-0.15, -0.1) is 6.42 Å². The summed E-state index contributed by atoms with van der Waals surface area (Å²) < 4.78 is 0. The lowest BCUT2D eigenvalue weighted by molar-refractivity contribution is -0.129. The summed E-state index contributed by atoms with van der Waals surface area (Å²) in [7, 11) is 0. The average Bonchev–Trinajstić information content (AvgIpc) is 2.78. The number of nitrogens with one attached hydrogen (secondary N) is 1. The van der Waals surface area contributed by atoms with Gasteiger partial charge in [0.1, 0.15) is 0 Å².